The average molecular weight is 1590 g/mol. The number of nitrogens with one attached hydrogen (secondary N) is 5. The predicted molar refractivity (Wildman–Crippen MR) is 423 cm³/mol. The van der Waals surface area contributed by atoms with Gasteiger partial charge in [-0.3, -0.25) is 59.0 Å². The lowest BCUT2D eigenvalue weighted by Gasteiger charge is -2.34. The van der Waals surface area contributed by atoms with Gasteiger partial charge in [-0.15, -0.1) is 24.8 Å². The molecule has 602 valence electrons. The maximum Gasteiger partial charge on any atom is 0.409 e. The molecule has 0 bridgehead atoms. The molecule has 4 aromatic carbocycles. The van der Waals surface area contributed by atoms with Crippen LogP contribution in [0, 0.1) is 54.2 Å². The largest absolute Gasteiger partial charge is 0.453 e. The molecule has 3 aromatic heterocycles. The number of pyridine rings is 3. The molecule has 4 aliphatic rings. The molecule has 0 atom stereocenters. The Morgan fingerprint density at radius 1 is 0.423 bits per heavy atom. The number of nitrogen functional groups attached to an aromatic ring is 1. The van der Waals surface area contributed by atoms with Crippen molar-refractivity contribution in [3.8, 4) is 0 Å². The highest BCUT2D eigenvalue weighted by Gasteiger charge is 2.27. The molecule has 4 fully saturated rings. The molecule has 4 saturated heterocycles. The van der Waals surface area contributed by atoms with Crippen LogP contribution in [-0.2, 0) is 50.0 Å². The number of nitro groups is 1. The van der Waals surface area contributed by atoms with Gasteiger partial charge in [0.1, 0.15) is 0 Å². The lowest BCUT2D eigenvalue weighted by atomic mass is 10.1. The molecule has 11 rings (SSSR count). The van der Waals surface area contributed by atoms with Gasteiger partial charge < -0.3 is 61.4 Å². The van der Waals surface area contributed by atoms with Crippen molar-refractivity contribution in [2.75, 3.05) is 151 Å². The number of halogens is 6. The first kappa shape index (κ1) is 92.5. The van der Waals surface area contributed by atoms with Crippen molar-refractivity contribution in [2.24, 2.45) is 0 Å². The molecule has 0 unspecified atom stereocenters. The van der Waals surface area contributed by atoms with E-state index in [2.05, 4.69) is 65.7 Å². The fourth-order valence-corrected chi connectivity index (χ4v) is 11.4. The van der Waals surface area contributed by atoms with Crippen LogP contribution in [0.3, 0.4) is 0 Å². The Labute approximate surface area is 656 Å². The van der Waals surface area contributed by atoms with Crippen LogP contribution in [0.2, 0.25) is 0 Å². The van der Waals surface area contributed by atoms with E-state index in [1.807, 2.05) is 51.7 Å². The molecule has 7 aromatic rings. The van der Waals surface area contributed by atoms with E-state index in [0.717, 1.165) is 28.8 Å². The number of hydrogen-bond acceptors (Lipinski definition) is 19. The summed E-state index contributed by atoms with van der Waals surface area (Å²) in [5.41, 5.74) is 11.8. The first-order chi connectivity index (χ1) is 52.2. The topological polar surface area (TPSA) is 332 Å². The Bertz CT molecular complexity index is 4010. The minimum Gasteiger partial charge on any atom is -0.453 e. The number of rotatable bonds is 14. The monoisotopic (exact) mass is 1590 g/mol. The molecule has 0 radical (unpaired) electrons. The number of benzene rings is 4. The van der Waals surface area contributed by atoms with E-state index < -0.39 is 40.1 Å². The van der Waals surface area contributed by atoms with E-state index in [1.165, 1.54) is 45.4 Å². The molecule has 0 spiro atoms. The van der Waals surface area contributed by atoms with Crippen LogP contribution in [0.5, 0.6) is 0 Å². The Balaban J connectivity index is 0.000000297. The van der Waals surface area contributed by atoms with E-state index in [0.29, 0.717) is 152 Å². The van der Waals surface area contributed by atoms with Gasteiger partial charge in [-0.2, -0.15) is 4.39 Å². The summed E-state index contributed by atoms with van der Waals surface area (Å²) in [5.74, 6) is -1.99. The Morgan fingerprint density at radius 3 is 1.02 bits per heavy atom. The molecule has 7 N–H and O–H groups in total. The molecule has 29 nitrogen and oxygen atoms in total. The van der Waals surface area contributed by atoms with Gasteiger partial charge in [0.05, 0.1) is 71.9 Å². The Morgan fingerprint density at radius 2 is 0.721 bits per heavy atom. The number of nitrogens with zero attached hydrogens (tertiary/aromatic N) is 12. The number of piperazine rings is 4. The number of aryl methyl sites for hydroxylation is 3. The van der Waals surface area contributed by atoms with Crippen LogP contribution in [0.4, 0.5) is 76.6 Å². The van der Waals surface area contributed by atoms with Crippen LogP contribution in [-0.4, -0.2) is 220 Å². The van der Waals surface area contributed by atoms with Gasteiger partial charge in [0.2, 0.25) is 23.5 Å². The number of nitro benzene ring substituents is 1. The van der Waals surface area contributed by atoms with Crippen LogP contribution >= 0.6 is 24.8 Å². The first-order valence-electron chi connectivity index (χ1n) is 35.4. The molecule has 35 heteroatoms. The highest BCUT2D eigenvalue weighted by Crippen LogP contribution is 2.26. The highest BCUT2D eigenvalue weighted by molar-refractivity contribution is 6.00. The van der Waals surface area contributed by atoms with Crippen molar-refractivity contribution in [1.82, 2.24) is 54.2 Å². The van der Waals surface area contributed by atoms with Crippen LogP contribution in [0.1, 0.15) is 74.0 Å². The summed E-state index contributed by atoms with van der Waals surface area (Å²) >= 11 is 0. The van der Waals surface area contributed by atoms with Crippen LogP contribution < -0.4 is 32.3 Å². The average Bonchev–Trinajstić information content (AvgIpc) is 0.850. The number of nitrogens with two attached hydrogens (primary N) is 1. The number of amides is 9. The van der Waals surface area contributed by atoms with Gasteiger partial charge in [-0.05, 0) is 75.4 Å². The summed E-state index contributed by atoms with van der Waals surface area (Å²) in [5, 5.41) is 23.7. The molecule has 0 saturated carbocycles. The normalized spacial score (nSPS) is 14.1. The number of anilines is 6. The summed E-state index contributed by atoms with van der Waals surface area (Å²) in [6, 6.07) is 28.7. The number of methoxy groups -OCH3 is 2. The second kappa shape index (κ2) is 47.3. The smallest absolute Gasteiger partial charge is 0.409 e. The van der Waals surface area contributed by atoms with Gasteiger partial charge >= 0.3 is 29.9 Å². The zero-order valence-corrected chi connectivity index (χ0v) is 65.7. The van der Waals surface area contributed by atoms with Crippen molar-refractivity contribution < 1.29 is 65.5 Å². The molecular weight excluding hydrogens is 1490 g/mol. The van der Waals surface area contributed by atoms with Crippen molar-refractivity contribution in [1.29, 1.82) is 0 Å². The van der Waals surface area contributed by atoms with Crippen molar-refractivity contribution in [3.05, 3.63) is 201 Å². The number of carbonyl (C=O) groups excluding carboxylic acids is 7. The van der Waals surface area contributed by atoms with Crippen molar-refractivity contribution in [2.45, 2.75) is 81.6 Å². The third-order valence-electron chi connectivity index (χ3n) is 17.4. The first-order valence-corrected chi connectivity index (χ1v) is 35.4. The molecular formula is C76H100Cl2F4N18O11. The molecule has 0 aliphatic carbocycles. The number of aromatic nitrogens is 3. The van der Waals surface area contributed by atoms with E-state index in [1.54, 1.807) is 119 Å². The predicted octanol–water partition coefficient (Wildman–Crippen LogP) is 11.8. The number of urea groups is 2. The van der Waals surface area contributed by atoms with Crippen LogP contribution in [0.25, 0.3) is 0 Å². The van der Waals surface area contributed by atoms with Gasteiger partial charge in [0.15, 0.2) is 17.5 Å². The fraction of sp³-hybridized carbons (Fsp3) is 0.395. The second-order valence-corrected chi connectivity index (χ2v) is 25.3. The number of carbonyl (C=O) groups is 7. The van der Waals surface area contributed by atoms with E-state index in [9.17, 15) is 61.2 Å². The third-order valence-corrected chi connectivity index (χ3v) is 17.4. The fourth-order valence-electron chi connectivity index (χ4n) is 11.4. The number of ether oxygens (including phenoxy) is 2. The maximum absolute atomic E-state index is 14.8. The van der Waals surface area contributed by atoms with Crippen molar-refractivity contribution in [3.63, 3.8) is 0 Å². The summed E-state index contributed by atoms with van der Waals surface area (Å²) < 4.78 is 66.7. The molecule has 7 heterocycles. The Kier molecular flexibility index (Phi) is 39.4. The SMILES string of the molecule is CC.CC(=O)N1CCN(Cc2cccc(NC(=O)Nc3ccc(C)nc3)c2F)CC1.CC(=O)N1CCN(Cc2cccc(NC(=O)Nc3ccc(C)nc3)c2F)CC1.CC(=O)Nc1ccc(C)nc1.COC(=O)N1CCN(Cc2cccc(N)c2F)CC1.COC(=O)N1CCN(Cc2cccc([N+](=O)[O-])c2F)CC1.Cl.Cl. The summed E-state index contributed by atoms with van der Waals surface area (Å²) in [6.45, 7) is 25.9. The zero-order valence-electron chi connectivity index (χ0n) is 64.0. The van der Waals surface area contributed by atoms with E-state index >= 15 is 0 Å². The quantitative estimate of drug-likeness (QED) is 0.0255. The minimum absolute atomic E-state index is 0. The van der Waals surface area contributed by atoms with Gasteiger partial charge in [0.25, 0.3) is 0 Å². The molecule has 111 heavy (non-hydrogen) atoms. The van der Waals surface area contributed by atoms with E-state index in [-0.39, 0.29) is 89.7 Å². The van der Waals surface area contributed by atoms with E-state index in [4.69, 9.17) is 5.73 Å². The summed E-state index contributed by atoms with van der Waals surface area (Å²) in [6.07, 6.45) is 4.03. The minimum atomic E-state index is -0.794. The molecule has 9 amide bonds. The summed E-state index contributed by atoms with van der Waals surface area (Å²) in [7, 11) is 2.70. The van der Waals surface area contributed by atoms with Gasteiger partial charge in [-0.25, -0.2) is 32.3 Å². The zero-order chi connectivity index (χ0) is 79.7. The van der Waals surface area contributed by atoms with Gasteiger partial charge in [0, 0.05) is 197 Å². The molecule has 4 aliphatic heterocycles. The van der Waals surface area contributed by atoms with Gasteiger partial charge in [-0.1, -0.05) is 62.4 Å². The standard InChI is InChI=1S/2C20H24FN5O2.C13H16FN3O4.C13H18FN3O2.C8H10N2O.C2H6.2ClH/c2*1-14-6-7-17(12-22-14)23-20(28)24-18-5-3-4-16(19(18)21)13-25-8-10-26(11-9-25)15(2)27;1-21-13(18)16-7-5-15(6-8-16)9-10-3-2-4-11(12(10)14)17(19)20;1-19-13(18)17-7-5-16(6-8-17)9-10-3-2-4-11(15)12(10)14;1-6-3-4-8(5-9-6)10-7(2)11;1-2;;/h2*3-7,12H,8-11,13H2,1-2H3,(H2,23,24,28);2-4H,5-9H2,1H3;2-4H,5-9,15H2,1H3;3-5H,1-2H3,(H,10,11);1-2H3;2*1H. The third kappa shape index (κ3) is 30.5. The Hall–Kier alpha value is -10.8. The lowest BCUT2D eigenvalue weighted by molar-refractivity contribution is -0.387. The van der Waals surface area contributed by atoms with Crippen molar-refractivity contribution >= 4 is 107 Å². The summed E-state index contributed by atoms with van der Waals surface area (Å²) in [4.78, 5) is 118. The highest BCUT2D eigenvalue weighted by atomic mass is 35.5. The lowest BCUT2D eigenvalue weighted by Crippen LogP contribution is -2.48. The number of hydrogen-bond donors (Lipinski definition) is 6. The maximum atomic E-state index is 14.8. The second-order valence-electron chi connectivity index (χ2n) is 25.3. The van der Waals surface area contributed by atoms with Crippen LogP contribution in [0.15, 0.2) is 128 Å².